The summed E-state index contributed by atoms with van der Waals surface area (Å²) in [6.45, 7) is -1.19. The van der Waals surface area contributed by atoms with Crippen LogP contribution in [0.2, 0.25) is 15.1 Å². The van der Waals surface area contributed by atoms with Crippen molar-refractivity contribution < 1.29 is 31.2 Å². The minimum Gasteiger partial charge on any atom is -0.357 e. The largest absolute Gasteiger partial charge is 0.416 e. The zero-order chi connectivity index (χ0) is 30.5. The maximum absolute atomic E-state index is 13.9. The molecule has 3 aromatic rings. The number of alkyl halides is 3. The molecule has 41 heavy (non-hydrogen) atoms. The Morgan fingerprint density at radius 2 is 1.61 bits per heavy atom. The van der Waals surface area contributed by atoms with Gasteiger partial charge in [-0.25, -0.2) is 8.42 Å². The van der Waals surface area contributed by atoms with E-state index in [1.165, 1.54) is 19.2 Å². The molecule has 1 N–H and O–H groups in total. The highest BCUT2D eigenvalue weighted by atomic mass is 35.5. The van der Waals surface area contributed by atoms with Gasteiger partial charge in [-0.2, -0.15) is 13.2 Å². The molecule has 1 unspecified atom stereocenters. The molecule has 7 nitrogen and oxygen atoms in total. The Kier molecular flexibility index (Phi) is 10.6. The van der Waals surface area contributed by atoms with Crippen LogP contribution >= 0.6 is 34.8 Å². The summed E-state index contributed by atoms with van der Waals surface area (Å²) in [5.74, 6) is -1.45. The van der Waals surface area contributed by atoms with Crippen LogP contribution in [0, 0.1) is 0 Å². The molecule has 0 saturated carbocycles. The summed E-state index contributed by atoms with van der Waals surface area (Å²) in [5.41, 5.74) is -0.604. The van der Waals surface area contributed by atoms with E-state index in [-0.39, 0.29) is 23.0 Å². The average Bonchev–Trinajstić information content (AvgIpc) is 2.89. The third-order valence-electron chi connectivity index (χ3n) is 6.09. The number of carbonyl (C=O) groups is 2. The molecule has 0 aliphatic carbocycles. The predicted octanol–water partition coefficient (Wildman–Crippen LogP) is 5.82. The first kappa shape index (κ1) is 32.5. The summed E-state index contributed by atoms with van der Waals surface area (Å²) >= 11 is 18.5. The standard InChI is InChI=1S/C27H25Cl3F3N3O4S/c1-34-26(38)24(12-17-6-4-3-5-7-17)35(15-18-8-10-20(28)14-22(18)30)25(37)16-36(41(2,39)40)23-13-19(27(31,32)33)9-11-21(23)29/h3-11,13-14,24H,12,15-16H2,1-2H3,(H,34,38). The van der Waals surface area contributed by atoms with Gasteiger partial charge in [0.15, 0.2) is 0 Å². The Morgan fingerprint density at radius 3 is 2.17 bits per heavy atom. The van der Waals surface area contributed by atoms with E-state index in [1.54, 1.807) is 36.4 Å². The topological polar surface area (TPSA) is 86.8 Å². The van der Waals surface area contributed by atoms with Gasteiger partial charge in [0.2, 0.25) is 21.8 Å². The summed E-state index contributed by atoms with van der Waals surface area (Å²) < 4.78 is 66.4. The Morgan fingerprint density at radius 1 is 0.951 bits per heavy atom. The van der Waals surface area contributed by atoms with Crippen molar-refractivity contribution in [3.63, 3.8) is 0 Å². The van der Waals surface area contributed by atoms with E-state index in [0.29, 0.717) is 32.6 Å². The summed E-state index contributed by atoms with van der Waals surface area (Å²) in [6, 6.07) is 14.3. The molecule has 0 saturated heterocycles. The fraction of sp³-hybridized carbons (Fsp3) is 0.259. The number of carbonyl (C=O) groups excluding carboxylic acids is 2. The number of likely N-dealkylation sites (N-methyl/N-ethyl adjacent to an activating group) is 1. The first-order chi connectivity index (χ1) is 19.1. The number of benzene rings is 3. The van der Waals surface area contributed by atoms with Crippen molar-refractivity contribution in [2.24, 2.45) is 0 Å². The van der Waals surface area contributed by atoms with Gasteiger partial charge in [-0.05, 0) is 41.5 Å². The molecule has 0 aliphatic heterocycles. The van der Waals surface area contributed by atoms with Gasteiger partial charge in [-0.3, -0.25) is 13.9 Å². The van der Waals surface area contributed by atoms with Crippen LogP contribution in [0.1, 0.15) is 16.7 Å². The van der Waals surface area contributed by atoms with Gasteiger partial charge in [0.05, 0.1) is 22.5 Å². The first-order valence-electron chi connectivity index (χ1n) is 11.9. The fourth-order valence-corrected chi connectivity index (χ4v) is 5.62. The minimum atomic E-state index is -4.80. The third-order valence-corrected chi connectivity index (χ3v) is 8.13. The van der Waals surface area contributed by atoms with Crippen molar-refractivity contribution in [3.05, 3.63) is 98.5 Å². The highest BCUT2D eigenvalue weighted by Crippen LogP contribution is 2.36. The van der Waals surface area contributed by atoms with Gasteiger partial charge in [0.1, 0.15) is 12.6 Å². The van der Waals surface area contributed by atoms with Crippen molar-refractivity contribution in [1.82, 2.24) is 10.2 Å². The lowest BCUT2D eigenvalue weighted by molar-refractivity contribution is -0.139. The maximum atomic E-state index is 13.9. The van der Waals surface area contributed by atoms with Gasteiger partial charge in [-0.1, -0.05) is 71.2 Å². The van der Waals surface area contributed by atoms with E-state index in [2.05, 4.69) is 5.32 Å². The zero-order valence-corrected chi connectivity index (χ0v) is 24.8. The molecule has 14 heteroatoms. The Hall–Kier alpha value is -2.99. The number of rotatable bonds is 10. The Labute approximate surface area is 250 Å². The molecule has 0 aromatic heterocycles. The number of halogens is 6. The van der Waals surface area contributed by atoms with Gasteiger partial charge < -0.3 is 10.2 Å². The fourth-order valence-electron chi connectivity index (χ4n) is 4.03. The predicted molar refractivity (Wildman–Crippen MR) is 154 cm³/mol. The molecular formula is C27H25Cl3F3N3O4S. The number of nitrogens with one attached hydrogen (secondary N) is 1. The number of nitrogens with zero attached hydrogens (tertiary/aromatic N) is 2. The zero-order valence-electron chi connectivity index (χ0n) is 21.8. The highest BCUT2D eigenvalue weighted by molar-refractivity contribution is 7.92. The van der Waals surface area contributed by atoms with Gasteiger partial charge in [-0.15, -0.1) is 0 Å². The van der Waals surface area contributed by atoms with Crippen molar-refractivity contribution in [1.29, 1.82) is 0 Å². The molecule has 3 rings (SSSR count). The molecule has 1 atom stereocenters. The van der Waals surface area contributed by atoms with E-state index in [1.807, 2.05) is 0 Å². The van der Waals surface area contributed by atoms with Crippen LogP contribution in [-0.4, -0.2) is 51.0 Å². The number of hydrogen-bond donors (Lipinski definition) is 1. The number of anilines is 1. The molecule has 0 spiro atoms. The maximum Gasteiger partial charge on any atom is 0.416 e. The third kappa shape index (κ3) is 8.51. The number of amides is 2. The van der Waals surface area contributed by atoms with Crippen LogP contribution in [0.5, 0.6) is 0 Å². The molecule has 3 aromatic carbocycles. The van der Waals surface area contributed by atoms with Crippen LogP contribution < -0.4 is 9.62 Å². The van der Waals surface area contributed by atoms with Crippen LogP contribution in [0.25, 0.3) is 0 Å². The minimum absolute atomic E-state index is 0.0423. The monoisotopic (exact) mass is 649 g/mol. The average molecular weight is 651 g/mol. The van der Waals surface area contributed by atoms with Crippen molar-refractivity contribution >= 4 is 62.3 Å². The molecule has 0 aliphatic rings. The smallest absolute Gasteiger partial charge is 0.357 e. The molecular weight excluding hydrogens is 626 g/mol. The number of hydrogen-bond acceptors (Lipinski definition) is 4. The normalized spacial score (nSPS) is 12.5. The van der Waals surface area contributed by atoms with E-state index in [9.17, 15) is 31.2 Å². The van der Waals surface area contributed by atoms with Gasteiger partial charge >= 0.3 is 6.18 Å². The molecule has 220 valence electrons. The lowest BCUT2D eigenvalue weighted by Crippen LogP contribution is -2.53. The van der Waals surface area contributed by atoms with Crippen LogP contribution in [-0.2, 0) is 38.8 Å². The molecule has 0 heterocycles. The van der Waals surface area contributed by atoms with Gasteiger partial charge in [0.25, 0.3) is 0 Å². The lowest BCUT2D eigenvalue weighted by Gasteiger charge is -2.33. The SMILES string of the molecule is CNC(=O)C(Cc1ccccc1)N(Cc1ccc(Cl)cc1Cl)C(=O)CN(c1cc(C(F)(F)F)ccc1Cl)S(C)(=O)=O. The second-order valence-corrected chi connectivity index (χ2v) is 12.2. The molecule has 0 radical (unpaired) electrons. The van der Waals surface area contributed by atoms with E-state index < -0.39 is 51.9 Å². The summed E-state index contributed by atoms with van der Waals surface area (Å²) in [6.07, 6.45) is -4.03. The van der Waals surface area contributed by atoms with Crippen LogP contribution in [0.4, 0.5) is 18.9 Å². The van der Waals surface area contributed by atoms with Crippen LogP contribution in [0.15, 0.2) is 66.7 Å². The number of sulfonamides is 1. The van der Waals surface area contributed by atoms with E-state index in [4.69, 9.17) is 34.8 Å². The van der Waals surface area contributed by atoms with Crippen molar-refractivity contribution in [2.75, 3.05) is 24.2 Å². The van der Waals surface area contributed by atoms with E-state index in [0.717, 1.165) is 17.2 Å². The van der Waals surface area contributed by atoms with Crippen molar-refractivity contribution in [3.8, 4) is 0 Å². The first-order valence-corrected chi connectivity index (χ1v) is 14.9. The molecule has 2 amide bonds. The summed E-state index contributed by atoms with van der Waals surface area (Å²) in [7, 11) is -2.96. The summed E-state index contributed by atoms with van der Waals surface area (Å²) in [5, 5.41) is 2.70. The lowest BCUT2D eigenvalue weighted by atomic mass is 10.0. The second-order valence-electron chi connectivity index (χ2n) is 9.01. The van der Waals surface area contributed by atoms with Crippen LogP contribution in [0.3, 0.4) is 0 Å². The molecule has 0 fully saturated rings. The van der Waals surface area contributed by atoms with Crippen molar-refractivity contribution in [2.45, 2.75) is 25.2 Å². The van der Waals surface area contributed by atoms with E-state index >= 15 is 0 Å². The Balaban J connectivity index is 2.11. The Bertz CT molecular complexity index is 1520. The quantitative estimate of drug-likeness (QED) is 0.300. The van der Waals surface area contributed by atoms with Gasteiger partial charge in [0, 0.05) is 30.1 Å². The highest BCUT2D eigenvalue weighted by Gasteiger charge is 2.35. The second kappa shape index (κ2) is 13.3. The summed E-state index contributed by atoms with van der Waals surface area (Å²) in [4.78, 5) is 28.1. The molecule has 0 bridgehead atoms.